The summed E-state index contributed by atoms with van der Waals surface area (Å²) in [6.07, 6.45) is 5.21. The predicted molar refractivity (Wildman–Crippen MR) is 59.5 cm³/mol. The molecule has 2 rings (SSSR count). The van der Waals surface area contributed by atoms with Crippen molar-refractivity contribution in [3.8, 4) is 0 Å². The molecule has 1 aliphatic carbocycles. The van der Waals surface area contributed by atoms with E-state index in [1.54, 1.807) is 5.38 Å². The summed E-state index contributed by atoms with van der Waals surface area (Å²) in [6.45, 7) is 0.923. The molecule has 5 heteroatoms. The molecule has 0 amide bonds. The monoisotopic (exact) mass is 226 g/mol. The highest BCUT2D eigenvalue weighted by atomic mass is 32.1. The van der Waals surface area contributed by atoms with Gasteiger partial charge in [-0.3, -0.25) is 0 Å². The van der Waals surface area contributed by atoms with Gasteiger partial charge in [-0.1, -0.05) is 12.8 Å². The van der Waals surface area contributed by atoms with E-state index in [9.17, 15) is 4.79 Å². The van der Waals surface area contributed by atoms with E-state index in [4.69, 9.17) is 5.11 Å². The average molecular weight is 226 g/mol. The number of carboxylic acids is 1. The minimum atomic E-state index is -0.958. The number of nitrogens with one attached hydrogen (secondary N) is 1. The molecule has 1 aromatic rings. The Morgan fingerprint density at radius 1 is 1.60 bits per heavy atom. The quantitative estimate of drug-likeness (QED) is 0.827. The van der Waals surface area contributed by atoms with Gasteiger partial charge in [-0.2, -0.15) is 0 Å². The van der Waals surface area contributed by atoms with Gasteiger partial charge < -0.3 is 10.4 Å². The summed E-state index contributed by atoms with van der Waals surface area (Å²) >= 11 is 1.36. The molecule has 1 heterocycles. The van der Waals surface area contributed by atoms with Crippen LogP contribution < -0.4 is 5.32 Å². The normalized spacial score (nSPS) is 16.8. The topological polar surface area (TPSA) is 62.2 Å². The highest BCUT2D eigenvalue weighted by molar-refractivity contribution is 7.13. The standard InChI is InChI=1S/C10H14N2O2S/c13-9(14)8-6-15-10(12-8)11-5-7-3-1-2-4-7/h6-7H,1-5H2,(H,11,12)(H,13,14). The number of carboxylic acid groups (broad SMARTS) is 1. The molecule has 0 saturated heterocycles. The summed E-state index contributed by atoms with van der Waals surface area (Å²) in [7, 11) is 0. The maximum absolute atomic E-state index is 10.6. The van der Waals surface area contributed by atoms with Crippen molar-refractivity contribution in [1.82, 2.24) is 4.98 Å². The van der Waals surface area contributed by atoms with Gasteiger partial charge in [-0.25, -0.2) is 9.78 Å². The van der Waals surface area contributed by atoms with Crippen molar-refractivity contribution in [1.29, 1.82) is 0 Å². The lowest BCUT2D eigenvalue weighted by Gasteiger charge is -2.08. The molecule has 15 heavy (non-hydrogen) atoms. The molecule has 0 spiro atoms. The first-order valence-electron chi connectivity index (χ1n) is 5.18. The van der Waals surface area contributed by atoms with Crippen molar-refractivity contribution in [2.45, 2.75) is 25.7 Å². The summed E-state index contributed by atoms with van der Waals surface area (Å²) in [6, 6.07) is 0. The fourth-order valence-corrected chi connectivity index (χ4v) is 2.59. The molecular weight excluding hydrogens is 212 g/mol. The lowest BCUT2D eigenvalue weighted by molar-refractivity contribution is 0.0691. The smallest absolute Gasteiger partial charge is 0.355 e. The average Bonchev–Trinajstić information content (AvgIpc) is 2.86. The van der Waals surface area contributed by atoms with E-state index in [0.29, 0.717) is 0 Å². The summed E-state index contributed by atoms with van der Waals surface area (Å²) in [5.74, 6) is -0.220. The second-order valence-corrected chi connectivity index (χ2v) is 4.73. The fraction of sp³-hybridized carbons (Fsp3) is 0.600. The molecular formula is C10H14N2O2S. The number of rotatable bonds is 4. The molecule has 1 saturated carbocycles. The molecule has 0 aromatic carbocycles. The van der Waals surface area contributed by atoms with E-state index in [-0.39, 0.29) is 5.69 Å². The molecule has 82 valence electrons. The molecule has 1 aliphatic rings. The largest absolute Gasteiger partial charge is 0.476 e. The Morgan fingerprint density at radius 3 is 2.93 bits per heavy atom. The Labute approximate surface area is 92.3 Å². The Morgan fingerprint density at radius 2 is 2.33 bits per heavy atom. The molecule has 1 fully saturated rings. The Bertz CT molecular complexity index is 345. The van der Waals surface area contributed by atoms with Gasteiger partial charge in [0.1, 0.15) is 0 Å². The van der Waals surface area contributed by atoms with Gasteiger partial charge in [0, 0.05) is 11.9 Å². The number of aromatic nitrogens is 1. The van der Waals surface area contributed by atoms with Crippen LogP contribution in [0.25, 0.3) is 0 Å². The van der Waals surface area contributed by atoms with Gasteiger partial charge in [0.2, 0.25) is 0 Å². The lowest BCUT2D eigenvalue weighted by Crippen LogP contribution is -2.10. The maximum Gasteiger partial charge on any atom is 0.355 e. The zero-order valence-electron chi connectivity index (χ0n) is 8.40. The van der Waals surface area contributed by atoms with Crippen LogP contribution in [0.3, 0.4) is 0 Å². The van der Waals surface area contributed by atoms with Crippen LogP contribution in [-0.2, 0) is 0 Å². The van der Waals surface area contributed by atoms with E-state index in [1.807, 2.05) is 0 Å². The molecule has 0 radical (unpaired) electrons. The Hall–Kier alpha value is -1.10. The van der Waals surface area contributed by atoms with Crippen LogP contribution in [0.15, 0.2) is 5.38 Å². The second kappa shape index (κ2) is 4.61. The second-order valence-electron chi connectivity index (χ2n) is 3.87. The van der Waals surface area contributed by atoms with Gasteiger partial charge in [-0.05, 0) is 18.8 Å². The maximum atomic E-state index is 10.6. The summed E-state index contributed by atoms with van der Waals surface area (Å²) in [5.41, 5.74) is 0.133. The first-order valence-corrected chi connectivity index (χ1v) is 6.06. The number of hydrogen-bond donors (Lipinski definition) is 2. The van der Waals surface area contributed by atoms with E-state index in [0.717, 1.165) is 17.6 Å². The van der Waals surface area contributed by atoms with E-state index in [2.05, 4.69) is 10.3 Å². The third-order valence-corrected chi connectivity index (χ3v) is 3.54. The minimum Gasteiger partial charge on any atom is -0.476 e. The molecule has 4 nitrogen and oxygen atoms in total. The number of carbonyl (C=O) groups is 1. The zero-order valence-corrected chi connectivity index (χ0v) is 9.22. The van der Waals surface area contributed by atoms with Gasteiger partial charge in [0.15, 0.2) is 10.8 Å². The highest BCUT2D eigenvalue weighted by Gasteiger charge is 2.15. The van der Waals surface area contributed by atoms with Crippen LogP contribution in [0.5, 0.6) is 0 Å². The van der Waals surface area contributed by atoms with Crippen LogP contribution in [-0.4, -0.2) is 22.6 Å². The fourth-order valence-electron chi connectivity index (χ4n) is 1.90. The molecule has 1 aromatic heterocycles. The van der Waals surface area contributed by atoms with Gasteiger partial charge in [0.05, 0.1) is 0 Å². The van der Waals surface area contributed by atoms with Crippen molar-refractivity contribution < 1.29 is 9.90 Å². The summed E-state index contributed by atoms with van der Waals surface area (Å²) < 4.78 is 0. The number of nitrogens with zero attached hydrogens (tertiary/aromatic N) is 1. The van der Waals surface area contributed by atoms with Crippen LogP contribution in [0.2, 0.25) is 0 Å². The van der Waals surface area contributed by atoms with Crippen molar-refractivity contribution in [2.75, 3.05) is 11.9 Å². The van der Waals surface area contributed by atoms with E-state index in [1.165, 1.54) is 37.0 Å². The van der Waals surface area contributed by atoms with Gasteiger partial charge in [-0.15, -0.1) is 11.3 Å². The predicted octanol–water partition coefficient (Wildman–Crippen LogP) is 2.44. The van der Waals surface area contributed by atoms with E-state index >= 15 is 0 Å². The van der Waals surface area contributed by atoms with Crippen LogP contribution in [0.4, 0.5) is 5.13 Å². The van der Waals surface area contributed by atoms with Crippen molar-refractivity contribution >= 4 is 22.4 Å². The Balaban J connectivity index is 1.84. The van der Waals surface area contributed by atoms with Gasteiger partial charge >= 0.3 is 5.97 Å². The first kappa shape index (κ1) is 10.4. The summed E-state index contributed by atoms with van der Waals surface area (Å²) in [4.78, 5) is 14.6. The molecule has 0 aliphatic heterocycles. The summed E-state index contributed by atoms with van der Waals surface area (Å²) in [5, 5.41) is 14.2. The number of aromatic carboxylic acids is 1. The SMILES string of the molecule is O=C(O)c1csc(NCC2CCCC2)n1. The third kappa shape index (κ3) is 2.68. The van der Waals surface area contributed by atoms with Gasteiger partial charge in [0.25, 0.3) is 0 Å². The first-order chi connectivity index (χ1) is 7.25. The zero-order chi connectivity index (χ0) is 10.7. The molecule has 0 atom stereocenters. The third-order valence-electron chi connectivity index (χ3n) is 2.74. The van der Waals surface area contributed by atoms with Crippen molar-refractivity contribution in [2.24, 2.45) is 5.92 Å². The molecule has 0 unspecified atom stereocenters. The number of hydrogen-bond acceptors (Lipinski definition) is 4. The number of anilines is 1. The molecule has 2 N–H and O–H groups in total. The van der Waals surface area contributed by atoms with Crippen molar-refractivity contribution in [3.05, 3.63) is 11.1 Å². The number of thiazole rings is 1. The van der Waals surface area contributed by atoms with Crippen LogP contribution in [0, 0.1) is 5.92 Å². The highest BCUT2D eigenvalue weighted by Crippen LogP contribution is 2.25. The molecule has 0 bridgehead atoms. The van der Waals surface area contributed by atoms with Crippen LogP contribution in [0.1, 0.15) is 36.2 Å². The minimum absolute atomic E-state index is 0.133. The van der Waals surface area contributed by atoms with Crippen LogP contribution >= 0.6 is 11.3 Å². The van der Waals surface area contributed by atoms with Crippen molar-refractivity contribution in [3.63, 3.8) is 0 Å². The lowest BCUT2D eigenvalue weighted by atomic mass is 10.1. The Kier molecular flexibility index (Phi) is 3.20. The van der Waals surface area contributed by atoms with E-state index < -0.39 is 5.97 Å².